The fraction of sp³-hybridized carbons (Fsp3) is 0.333. The molecule has 1 aromatic rings. The summed E-state index contributed by atoms with van der Waals surface area (Å²) in [5.41, 5.74) is -1.35. The third-order valence-electron chi connectivity index (χ3n) is 5.01. The number of benzene rings is 1. The summed E-state index contributed by atoms with van der Waals surface area (Å²) in [6, 6.07) is 2.29. The number of carbonyl (C=O) groups is 2. The van der Waals surface area contributed by atoms with Crippen LogP contribution in [0, 0.1) is 12.8 Å². The lowest BCUT2D eigenvalue weighted by atomic mass is 9.75. The lowest BCUT2D eigenvalue weighted by Crippen LogP contribution is -2.56. The van der Waals surface area contributed by atoms with E-state index in [0.717, 1.165) is 6.07 Å². The van der Waals surface area contributed by atoms with Gasteiger partial charge in [0.15, 0.2) is 11.4 Å². The van der Waals surface area contributed by atoms with Gasteiger partial charge in [-0.3, -0.25) is 4.79 Å². The van der Waals surface area contributed by atoms with Gasteiger partial charge in [0.05, 0.1) is 19.1 Å². The second kappa shape index (κ2) is 7.73. The first kappa shape index (κ1) is 20.6. The van der Waals surface area contributed by atoms with E-state index in [1.807, 2.05) is 0 Å². The summed E-state index contributed by atoms with van der Waals surface area (Å²) in [6.07, 6.45) is 4.63. The Morgan fingerprint density at radius 2 is 2.07 bits per heavy atom. The van der Waals surface area contributed by atoms with Gasteiger partial charge >= 0.3 is 5.97 Å². The molecular formula is C21H22O8. The first-order chi connectivity index (χ1) is 13.6. The molecule has 154 valence electrons. The fourth-order valence-corrected chi connectivity index (χ4v) is 3.49. The fourth-order valence-electron chi connectivity index (χ4n) is 3.49. The Labute approximate surface area is 167 Å². The number of phenolic OH excluding ortho intramolecular Hbond substituents is 2. The maximum absolute atomic E-state index is 12.7. The van der Waals surface area contributed by atoms with Crippen LogP contribution in [-0.4, -0.2) is 57.1 Å². The van der Waals surface area contributed by atoms with E-state index >= 15 is 0 Å². The molecule has 0 bridgehead atoms. The Hall–Kier alpha value is -3.10. The van der Waals surface area contributed by atoms with Crippen molar-refractivity contribution in [3.63, 3.8) is 0 Å². The van der Waals surface area contributed by atoms with Gasteiger partial charge < -0.3 is 29.9 Å². The summed E-state index contributed by atoms with van der Waals surface area (Å²) >= 11 is 0. The minimum absolute atomic E-state index is 0.0371. The predicted octanol–water partition coefficient (Wildman–Crippen LogP) is 1.27. The summed E-state index contributed by atoms with van der Waals surface area (Å²) < 4.78 is 11.1. The highest BCUT2D eigenvalue weighted by atomic mass is 16.6. The number of allylic oxidation sites excluding steroid dienone is 2. The number of ether oxygens (including phenoxy) is 2. The number of rotatable bonds is 4. The molecule has 0 saturated heterocycles. The van der Waals surface area contributed by atoms with E-state index in [-0.39, 0.29) is 30.1 Å². The van der Waals surface area contributed by atoms with Crippen molar-refractivity contribution >= 4 is 11.8 Å². The van der Waals surface area contributed by atoms with Gasteiger partial charge in [-0.1, -0.05) is 6.08 Å². The summed E-state index contributed by atoms with van der Waals surface area (Å²) in [7, 11) is 0. The number of carbonyl (C=O) groups excluding carboxylic acids is 2. The molecule has 2 aliphatic rings. The Balaban J connectivity index is 1.94. The van der Waals surface area contributed by atoms with Crippen LogP contribution in [0.3, 0.4) is 0 Å². The minimum Gasteiger partial charge on any atom is -0.508 e. The van der Waals surface area contributed by atoms with Crippen molar-refractivity contribution in [2.45, 2.75) is 25.6 Å². The molecule has 1 aromatic carbocycles. The van der Waals surface area contributed by atoms with Crippen LogP contribution in [0.15, 0.2) is 47.8 Å². The molecule has 0 aromatic heterocycles. The Morgan fingerprint density at radius 1 is 1.34 bits per heavy atom. The zero-order chi connectivity index (χ0) is 21.3. The molecule has 1 aliphatic carbocycles. The zero-order valence-electron chi connectivity index (χ0n) is 16.0. The molecule has 3 rings (SSSR count). The molecule has 1 aliphatic heterocycles. The molecule has 0 saturated carbocycles. The summed E-state index contributed by atoms with van der Waals surface area (Å²) in [5, 5.41) is 39.2. The highest BCUT2D eigenvalue weighted by Crippen LogP contribution is 2.38. The molecule has 0 spiro atoms. The number of aromatic hydroxyl groups is 2. The molecule has 4 N–H and O–H groups in total. The van der Waals surface area contributed by atoms with Crippen molar-refractivity contribution in [2.75, 3.05) is 13.2 Å². The second-order valence-electron chi connectivity index (χ2n) is 7.19. The Morgan fingerprint density at radius 3 is 2.72 bits per heavy atom. The number of hydrogen-bond acceptors (Lipinski definition) is 8. The molecule has 0 radical (unpaired) electrons. The van der Waals surface area contributed by atoms with Crippen LogP contribution in [0.25, 0.3) is 0 Å². The van der Waals surface area contributed by atoms with E-state index in [4.69, 9.17) is 14.6 Å². The normalized spacial score (nSPS) is 26.4. The monoisotopic (exact) mass is 402 g/mol. The number of aryl methyl sites for hydroxylation is 1. The lowest BCUT2D eigenvalue weighted by Gasteiger charge is -2.41. The smallest absolute Gasteiger partial charge is 0.342 e. The first-order valence-corrected chi connectivity index (χ1v) is 8.99. The highest BCUT2D eigenvalue weighted by molar-refractivity contribution is 6.00. The summed E-state index contributed by atoms with van der Waals surface area (Å²) in [6.45, 7) is 2.63. The molecule has 8 nitrogen and oxygen atoms in total. The number of aliphatic hydroxyl groups is 2. The Kier molecular flexibility index (Phi) is 5.50. The van der Waals surface area contributed by atoms with Crippen molar-refractivity contribution in [3.8, 4) is 11.5 Å². The molecule has 8 heteroatoms. The average Bonchev–Trinajstić information content (AvgIpc) is 2.63. The van der Waals surface area contributed by atoms with Gasteiger partial charge in [0.1, 0.15) is 28.9 Å². The van der Waals surface area contributed by atoms with Crippen LogP contribution in [0.1, 0.15) is 22.8 Å². The quantitative estimate of drug-likeness (QED) is 0.554. The number of ketones is 1. The van der Waals surface area contributed by atoms with Gasteiger partial charge in [-0.15, -0.1) is 0 Å². The number of hydrogen-bond donors (Lipinski definition) is 4. The van der Waals surface area contributed by atoms with Crippen molar-refractivity contribution in [1.82, 2.24) is 0 Å². The predicted molar refractivity (Wildman–Crippen MR) is 101 cm³/mol. The third-order valence-corrected chi connectivity index (χ3v) is 5.01. The molecule has 0 fully saturated rings. The summed E-state index contributed by atoms with van der Waals surface area (Å²) in [4.78, 5) is 25.2. The van der Waals surface area contributed by atoms with Crippen LogP contribution < -0.4 is 0 Å². The van der Waals surface area contributed by atoms with E-state index in [1.165, 1.54) is 32.1 Å². The van der Waals surface area contributed by atoms with Crippen molar-refractivity contribution < 1.29 is 39.5 Å². The molecule has 3 atom stereocenters. The van der Waals surface area contributed by atoms with Gasteiger partial charge in [0.2, 0.25) is 0 Å². The van der Waals surface area contributed by atoms with Crippen molar-refractivity contribution in [1.29, 1.82) is 0 Å². The van der Waals surface area contributed by atoms with Gasteiger partial charge in [0, 0.05) is 6.07 Å². The van der Waals surface area contributed by atoms with Crippen molar-refractivity contribution in [2.24, 2.45) is 5.92 Å². The molecule has 1 heterocycles. The van der Waals surface area contributed by atoms with Gasteiger partial charge in [-0.2, -0.15) is 0 Å². The SMILES string of the molecule is Cc1cc(O)cc(O)c1C(=O)O[C@@H]1[C@@H]2COC(C=CCO)=CC2=CC(=O)[C@]1(C)O. The van der Waals surface area contributed by atoms with E-state index in [0.29, 0.717) is 11.3 Å². The maximum atomic E-state index is 12.7. The third kappa shape index (κ3) is 3.90. The van der Waals surface area contributed by atoms with Gasteiger partial charge in [-0.05, 0) is 49.3 Å². The van der Waals surface area contributed by atoms with E-state index in [2.05, 4.69) is 0 Å². The minimum atomic E-state index is -1.99. The maximum Gasteiger partial charge on any atom is 0.342 e. The number of phenols is 2. The van der Waals surface area contributed by atoms with E-state index < -0.39 is 35.1 Å². The number of esters is 1. The summed E-state index contributed by atoms with van der Waals surface area (Å²) in [5.74, 6) is -2.44. The average molecular weight is 402 g/mol. The van der Waals surface area contributed by atoms with E-state index in [1.54, 1.807) is 12.2 Å². The Bertz CT molecular complexity index is 915. The number of fused-ring (bicyclic) bond motifs is 1. The van der Waals surface area contributed by atoms with Crippen LogP contribution in [-0.2, 0) is 14.3 Å². The van der Waals surface area contributed by atoms with Crippen LogP contribution in [0.4, 0.5) is 0 Å². The number of aliphatic hydroxyl groups excluding tert-OH is 1. The molecule has 0 amide bonds. The van der Waals surface area contributed by atoms with Crippen LogP contribution in [0.5, 0.6) is 11.5 Å². The molecule has 0 unspecified atom stereocenters. The van der Waals surface area contributed by atoms with Gasteiger partial charge in [-0.25, -0.2) is 4.79 Å². The topological polar surface area (TPSA) is 134 Å². The molecule has 29 heavy (non-hydrogen) atoms. The highest BCUT2D eigenvalue weighted by Gasteiger charge is 2.51. The second-order valence-corrected chi connectivity index (χ2v) is 7.19. The lowest BCUT2D eigenvalue weighted by molar-refractivity contribution is -0.151. The zero-order valence-corrected chi connectivity index (χ0v) is 16.0. The largest absolute Gasteiger partial charge is 0.508 e. The van der Waals surface area contributed by atoms with Crippen LogP contribution in [0.2, 0.25) is 0 Å². The van der Waals surface area contributed by atoms with E-state index in [9.17, 15) is 24.9 Å². The first-order valence-electron chi connectivity index (χ1n) is 8.99. The molecular weight excluding hydrogens is 380 g/mol. The van der Waals surface area contributed by atoms with Crippen LogP contribution >= 0.6 is 0 Å². The van der Waals surface area contributed by atoms with Gasteiger partial charge in [0.25, 0.3) is 0 Å². The van der Waals surface area contributed by atoms with Crippen molar-refractivity contribution in [3.05, 3.63) is 58.9 Å². The standard InChI is InChI=1S/C21H22O8/c1-11-6-13(23)9-16(24)18(11)20(26)29-19-15-10-28-14(4-3-5-22)7-12(15)8-17(25)21(19,2)27/h3-4,6-9,15,19,22-24,27H,5,10H2,1-2H3/t15-,19-,21+/m1/s1.